The molecule has 3 aromatic heterocycles. The first-order valence-corrected chi connectivity index (χ1v) is 15.5. The number of nitrogens with zero attached hydrogens (tertiary/aromatic N) is 6. The number of hydrogen-bond acceptors (Lipinski definition) is 11. The number of pyridine rings is 1. The van der Waals surface area contributed by atoms with Gasteiger partial charge < -0.3 is 30.5 Å². The Balaban J connectivity index is 1.41. The van der Waals surface area contributed by atoms with Crippen molar-refractivity contribution >= 4 is 34.5 Å². The van der Waals surface area contributed by atoms with Crippen molar-refractivity contribution in [3.05, 3.63) is 66.4 Å². The third-order valence-electron chi connectivity index (χ3n) is 7.94. The number of nitrogens with two attached hydrogens (primary N) is 1. The van der Waals surface area contributed by atoms with E-state index in [2.05, 4.69) is 30.8 Å². The number of carbonyl (C=O) groups is 2. The van der Waals surface area contributed by atoms with Crippen molar-refractivity contribution < 1.29 is 37.0 Å². The molecule has 4 N–H and O–H groups in total. The highest BCUT2D eigenvalue weighted by molar-refractivity contribution is 5.98. The maximum absolute atomic E-state index is 13.3. The number of imidazole rings is 1. The van der Waals surface area contributed by atoms with Crippen LogP contribution in [-0.2, 0) is 22.7 Å². The number of fused-ring (bicyclic) bond motifs is 1. The number of piperidine rings is 1. The van der Waals surface area contributed by atoms with Gasteiger partial charge in [0.25, 0.3) is 0 Å². The monoisotopic (exact) mass is 679 g/mol. The molecule has 49 heavy (non-hydrogen) atoms. The number of anilines is 2. The first-order chi connectivity index (χ1) is 23.6. The van der Waals surface area contributed by atoms with Gasteiger partial charge in [0, 0.05) is 18.7 Å². The van der Waals surface area contributed by atoms with Crippen LogP contribution in [0.5, 0.6) is 5.75 Å². The van der Waals surface area contributed by atoms with E-state index in [0.29, 0.717) is 58.5 Å². The highest BCUT2D eigenvalue weighted by atomic mass is 19.4. The lowest BCUT2D eigenvalue weighted by Crippen LogP contribution is -2.44. The van der Waals surface area contributed by atoms with Crippen LogP contribution in [0.3, 0.4) is 0 Å². The van der Waals surface area contributed by atoms with E-state index in [1.165, 1.54) is 18.2 Å². The lowest BCUT2D eigenvalue weighted by Gasteiger charge is -2.23. The lowest BCUT2D eigenvalue weighted by atomic mass is 9.99. The number of urea groups is 1. The molecule has 1 aliphatic heterocycles. The molecule has 14 nitrogen and oxygen atoms in total. The van der Waals surface area contributed by atoms with Crippen LogP contribution in [0.2, 0.25) is 0 Å². The van der Waals surface area contributed by atoms with Crippen LogP contribution in [0.4, 0.5) is 29.5 Å². The summed E-state index contributed by atoms with van der Waals surface area (Å²) in [5, 5.41) is 13.7. The number of aromatic nitrogens is 5. The number of halogens is 3. The number of benzene rings is 2. The van der Waals surface area contributed by atoms with Gasteiger partial charge in [-0.05, 0) is 66.8 Å². The molecule has 17 heteroatoms. The van der Waals surface area contributed by atoms with Crippen molar-refractivity contribution in [3.8, 4) is 28.5 Å². The Labute approximate surface area is 277 Å². The molecule has 256 valence electrons. The minimum Gasteiger partial charge on any atom is -0.489 e. The number of aryl methyl sites for hydroxylation is 1. The Hall–Kier alpha value is -5.71. The van der Waals surface area contributed by atoms with Gasteiger partial charge in [-0.1, -0.05) is 42.5 Å². The average Bonchev–Trinajstić information content (AvgIpc) is 3.72. The molecule has 0 radical (unpaired) electrons. The van der Waals surface area contributed by atoms with Crippen LogP contribution in [0.1, 0.15) is 25.3 Å². The van der Waals surface area contributed by atoms with Crippen LogP contribution in [0.15, 0.2) is 65.4 Å². The zero-order valence-electron chi connectivity index (χ0n) is 26.2. The predicted octanol–water partition coefficient (Wildman–Crippen LogP) is 4.87. The van der Waals surface area contributed by atoms with Crippen LogP contribution >= 0.6 is 0 Å². The zero-order chi connectivity index (χ0) is 34.5. The summed E-state index contributed by atoms with van der Waals surface area (Å²) in [6.07, 6.45) is -1.92. The molecule has 0 unspecified atom stereocenters. The first-order valence-electron chi connectivity index (χ1n) is 15.5. The summed E-state index contributed by atoms with van der Waals surface area (Å²) < 4.78 is 52.9. The van der Waals surface area contributed by atoms with Crippen molar-refractivity contribution in [1.82, 2.24) is 35.5 Å². The zero-order valence-corrected chi connectivity index (χ0v) is 26.2. The molecule has 0 atom stereocenters. The number of amides is 2. The van der Waals surface area contributed by atoms with Gasteiger partial charge in [0.15, 0.2) is 23.1 Å². The van der Waals surface area contributed by atoms with Gasteiger partial charge in [-0.2, -0.15) is 13.2 Å². The van der Waals surface area contributed by atoms with E-state index in [1.54, 1.807) is 42.6 Å². The Morgan fingerprint density at radius 3 is 2.57 bits per heavy atom. The van der Waals surface area contributed by atoms with Gasteiger partial charge in [0.1, 0.15) is 11.0 Å². The second-order valence-electron chi connectivity index (χ2n) is 11.2. The van der Waals surface area contributed by atoms with E-state index >= 15 is 0 Å². The number of carbonyl (C=O) groups excluding carboxylic acids is 2. The van der Waals surface area contributed by atoms with Crippen LogP contribution < -0.4 is 26.2 Å². The summed E-state index contributed by atoms with van der Waals surface area (Å²) >= 11 is 0. The van der Waals surface area contributed by atoms with Crippen LogP contribution in [0, 0.1) is 5.92 Å². The lowest BCUT2D eigenvalue weighted by molar-refractivity contribution is -0.199. The standard InChI is InChI=1S/C32H32F3N9O5/c1-2-43-27-23(47-18-20-11-13-37-14-12-20)17-38-24(25(27)40-29(43)26-28(36)42-49-41-26)21-9-6-10-22(15-21)44(48-30(45)32(33,34)35)31(46)39-16-19-7-4-3-5-8-19/h3-10,15,17,20,37H,2,11-14,16,18H2,1H3,(H2,36,42)(H,39,46). The molecule has 2 amide bonds. The molecular formula is C32H32F3N9O5. The van der Waals surface area contributed by atoms with Crippen molar-refractivity contribution in [3.63, 3.8) is 0 Å². The van der Waals surface area contributed by atoms with Crippen molar-refractivity contribution in [2.45, 2.75) is 39.0 Å². The Morgan fingerprint density at radius 2 is 1.88 bits per heavy atom. The Bertz CT molecular complexity index is 1940. The van der Waals surface area contributed by atoms with Gasteiger partial charge in [0.2, 0.25) is 0 Å². The van der Waals surface area contributed by atoms with Crippen molar-refractivity contribution in [2.75, 3.05) is 30.5 Å². The average molecular weight is 680 g/mol. The van der Waals surface area contributed by atoms with Gasteiger partial charge in [0.05, 0.1) is 24.2 Å². The molecule has 2 aromatic carbocycles. The maximum Gasteiger partial charge on any atom is 0.493 e. The number of hydrogen-bond donors (Lipinski definition) is 3. The van der Waals surface area contributed by atoms with Gasteiger partial charge in [-0.25, -0.2) is 24.2 Å². The van der Waals surface area contributed by atoms with Crippen molar-refractivity contribution in [2.24, 2.45) is 5.92 Å². The molecule has 0 bridgehead atoms. The number of hydroxylamine groups is 1. The van der Waals surface area contributed by atoms with E-state index in [9.17, 15) is 22.8 Å². The highest BCUT2D eigenvalue weighted by Crippen LogP contribution is 2.38. The molecule has 0 aliphatic carbocycles. The van der Waals surface area contributed by atoms with Gasteiger partial charge in [-0.15, -0.1) is 5.06 Å². The van der Waals surface area contributed by atoms with E-state index < -0.39 is 18.2 Å². The number of rotatable bonds is 9. The Morgan fingerprint density at radius 1 is 1.10 bits per heavy atom. The van der Waals surface area contributed by atoms with Gasteiger partial charge >= 0.3 is 18.2 Å². The molecule has 6 rings (SSSR count). The third kappa shape index (κ3) is 7.25. The fourth-order valence-electron chi connectivity index (χ4n) is 5.50. The summed E-state index contributed by atoms with van der Waals surface area (Å²) in [4.78, 5) is 39.2. The summed E-state index contributed by atoms with van der Waals surface area (Å²) in [7, 11) is 0. The topological polar surface area (TPSA) is 176 Å². The number of nitrogen functional groups attached to an aromatic ring is 1. The fourth-order valence-corrected chi connectivity index (χ4v) is 5.50. The fraction of sp³-hybridized carbons (Fsp3) is 0.312. The van der Waals surface area contributed by atoms with E-state index in [-0.39, 0.29) is 28.8 Å². The molecule has 1 aliphatic rings. The number of ether oxygens (including phenoxy) is 1. The van der Waals surface area contributed by atoms with E-state index in [4.69, 9.17) is 20.1 Å². The van der Waals surface area contributed by atoms with Crippen LogP contribution in [-0.4, -0.2) is 62.7 Å². The predicted molar refractivity (Wildman–Crippen MR) is 171 cm³/mol. The second-order valence-corrected chi connectivity index (χ2v) is 11.2. The number of nitrogens with one attached hydrogen (secondary N) is 2. The van der Waals surface area contributed by atoms with E-state index in [1.807, 2.05) is 11.5 Å². The molecule has 0 saturated carbocycles. The molecule has 1 fully saturated rings. The summed E-state index contributed by atoms with van der Waals surface area (Å²) in [6, 6.07) is 13.4. The quantitative estimate of drug-likeness (QED) is 0.181. The van der Waals surface area contributed by atoms with Crippen LogP contribution in [0.25, 0.3) is 33.8 Å². The van der Waals surface area contributed by atoms with Crippen molar-refractivity contribution in [1.29, 1.82) is 0 Å². The van der Waals surface area contributed by atoms with E-state index in [0.717, 1.165) is 25.9 Å². The third-order valence-corrected chi connectivity index (χ3v) is 7.94. The highest BCUT2D eigenvalue weighted by Gasteiger charge is 2.44. The molecule has 5 aromatic rings. The minimum atomic E-state index is -5.37. The molecule has 4 heterocycles. The molecular weight excluding hydrogens is 647 g/mol. The number of alkyl halides is 3. The first kappa shape index (κ1) is 33.2. The largest absolute Gasteiger partial charge is 0.493 e. The summed E-state index contributed by atoms with van der Waals surface area (Å²) in [6.45, 7) is 4.50. The minimum absolute atomic E-state index is 0.0160. The SMILES string of the molecule is CCn1c(-c2nonc2N)nc2c(-c3cccc(N(OC(=O)C(F)(F)F)C(=O)NCc4ccccc4)c3)ncc(OCC3CCNCC3)c21. The van der Waals surface area contributed by atoms with Gasteiger partial charge in [-0.3, -0.25) is 0 Å². The normalized spacial score (nSPS) is 13.7. The summed E-state index contributed by atoms with van der Waals surface area (Å²) in [5.41, 5.74) is 8.28. The molecule has 1 saturated heterocycles. The molecule has 0 spiro atoms. The maximum atomic E-state index is 13.3. The Kier molecular flexibility index (Phi) is 9.61. The summed E-state index contributed by atoms with van der Waals surface area (Å²) in [5.74, 6) is -1.45. The second kappa shape index (κ2) is 14.2. The smallest absolute Gasteiger partial charge is 0.489 e.